The number of rotatable bonds is 4. The van der Waals surface area contributed by atoms with Gasteiger partial charge in [0.05, 0.1) is 11.3 Å². The number of anilines is 1. The van der Waals surface area contributed by atoms with Crippen molar-refractivity contribution in [2.75, 3.05) is 5.32 Å². The molecule has 2 saturated carbocycles. The molecule has 4 nitrogen and oxygen atoms in total. The minimum atomic E-state index is -0.0730. The van der Waals surface area contributed by atoms with E-state index in [1.54, 1.807) is 12.3 Å². The molecule has 2 aliphatic rings. The molecule has 3 rings (SSSR count). The van der Waals surface area contributed by atoms with Gasteiger partial charge in [-0.25, -0.2) is 0 Å². The number of ketones is 1. The number of nitrogens with zero attached hydrogens (tertiary/aromatic N) is 1. The van der Waals surface area contributed by atoms with Crippen molar-refractivity contribution in [2.45, 2.75) is 59.3 Å². The predicted molar refractivity (Wildman–Crippen MR) is 94.8 cm³/mol. The Hall–Kier alpha value is -1.71. The summed E-state index contributed by atoms with van der Waals surface area (Å²) in [6.07, 6.45) is 10.5. The van der Waals surface area contributed by atoms with Crippen molar-refractivity contribution in [3.05, 3.63) is 24.0 Å². The van der Waals surface area contributed by atoms with Crippen LogP contribution in [0.1, 0.15) is 69.7 Å². The van der Waals surface area contributed by atoms with Crippen LogP contribution in [-0.4, -0.2) is 16.7 Å². The maximum absolute atomic E-state index is 12.9. The molecule has 2 atom stereocenters. The zero-order valence-corrected chi connectivity index (χ0v) is 15.0. The summed E-state index contributed by atoms with van der Waals surface area (Å²) in [7, 11) is 0. The van der Waals surface area contributed by atoms with Crippen molar-refractivity contribution in [1.29, 1.82) is 0 Å². The Bertz CT molecular complexity index is 632. The first-order chi connectivity index (χ1) is 11.4. The third kappa shape index (κ3) is 3.24. The third-order valence-electron chi connectivity index (χ3n) is 6.03. The molecule has 0 radical (unpaired) electrons. The van der Waals surface area contributed by atoms with Crippen molar-refractivity contribution in [2.24, 2.45) is 23.2 Å². The van der Waals surface area contributed by atoms with E-state index in [0.717, 1.165) is 6.42 Å². The average Bonchev–Trinajstić information content (AvgIpc) is 2.54. The molecule has 2 fully saturated rings. The van der Waals surface area contributed by atoms with Crippen molar-refractivity contribution in [3.8, 4) is 0 Å². The highest BCUT2D eigenvalue weighted by molar-refractivity contribution is 6.04. The van der Waals surface area contributed by atoms with E-state index >= 15 is 0 Å². The SMILES string of the molecule is CC(=O)c1cnccc1NC(=O)[C@@H]1CC(C)(C)[C@H]1C1CCCCC1. The second-order valence-corrected chi connectivity index (χ2v) is 8.19. The molecule has 130 valence electrons. The predicted octanol–water partition coefficient (Wildman–Crippen LogP) is 4.47. The van der Waals surface area contributed by atoms with E-state index in [0.29, 0.717) is 23.1 Å². The molecule has 1 heterocycles. The summed E-state index contributed by atoms with van der Waals surface area (Å²) in [4.78, 5) is 28.6. The first kappa shape index (κ1) is 17.1. The lowest BCUT2D eigenvalue weighted by Crippen LogP contribution is -2.53. The average molecular weight is 328 g/mol. The Morgan fingerprint density at radius 1 is 1.21 bits per heavy atom. The van der Waals surface area contributed by atoms with Gasteiger partial charge in [0, 0.05) is 18.3 Å². The summed E-state index contributed by atoms with van der Waals surface area (Å²) in [6, 6.07) is 1.72. The summed E-state index contributed by atoms with van der Waals surface area (Å²) in [6.45, 7) is 6.09. The van der Waals surface area contributed by atoms with Crippen LogP contribution in [0.25, 0.3) is 0 Å². The molecule has 1 N–H and O–H groups in total. The normalized spacial score (nSPS) is 26.5. The molecule has 0 spiro atoms. The van der Waals surface area contributed by atoms with Crippen molar-refractivity contribution in [3.63, 3.8) is 0 Å². The van der Waals surface area contributed by atoms with E-state index in [-0.39, 0.29) is 23.0 Å². The van der Waals surface area contributed by atoms with Gasteiger partial charge >= 0.3 is 0 Å². The largest absolute Gasteiger partial charge is 0.325 e. The molecule has 0 saturated heterocycles. The second-order valence-electron chi connectivity index (χ2n) is 8.19. The number of pyridine rings is 1. The van der Waals surface area contributed by atoms with Crippen LogP contribution in [0.5, 0.6) is 0 Å². The number of carbonyl (C=O) groups is 2. The maximum atomic E-state index is 12.9. The zero-order valence-electron chi connectivity index (χ0n) is 15.0. The lowest BCUT2D eigenvalue weighted by molar-refractivity contribution is -0.139. The van der Waals surface area contributed by atoms with Gasteiger partial charge in [0.2, 0.25) is 5.91 Å². The van der Waals surface area contributed by atoms with E-state index in [9.17, 15) is 9.59 Å². The Morgan fingerprint density at radius 3 is 2.54 bits per heavy atom. The Kier molecular flexibility index (Phi) is 4.75. The number of carbonyl (C=O) groups excluding carboxylic acids is 2. The smallest absolute Gasteiger partial charge is 0.227 e. The monoisotopic (exact) mass is 328 g/mol. The highest BCUT2D eigenvalue weighted by Crippen LogP contribution is 2.57. The molecular formula is C20H28N2O2. The maximum Gasteiger partial charge on any atom is 0.227 e. The minimum absolute atomic E-state index is 0.0658. The number of amides is 1. The Morgan fingerprint density at radius 2 is 1.92 bits per heavy atom. The van der Waals surface area contributed by atoms with Crippen LogP contribution in [0.3, 0.4) is 0 Å². The Balaban J connectivity index is 1.74. The van der Waals surface area contributed by atoms with Gasteiger partial charge in [-0.3, -0.25) is 14.6 Å². The van der Waals surface area contributed by atoms with Crippen LogP contribution in [-0.2, 0) is 4.79 Å². The van der Waals surface area contributed by atoms with Gasteiger partial charge in [-0.15, -0.1) is 0 Å². The number of hydrogen-bond donors (Lipinski definition) is 1. The fourth-order valence-corrected chi connectivity index (χ4v) is 4.94. The molecule has 4 heteroatoms. The lowest BCUT2D eigenvalue weighted by Gasteiger charge is -2.55. The molecular weight excluding hydrogens is 300 g/mol. The van der Waals surface area contributed by atoms with Gasteiger partial charge in [0.25, 0.3) is 0 Å². The topological polar surface area (TPSA) is 59.1 Å². The Labute approximate surface area is 144 Å². The molecule has 0 bridgehead atoms. The van der Waals surface area contributed by atoms with Crippen LogP contribution >= 0.6 is 0 Å². The summed E-state index contributed by atoms with van der Waals surface area (Å²) in [5.41, 5.74) is 1.32. The number of aromatic nitrogens is 1. The van der Waals surface area contributed by atoms with Gasteiger partial charge in [-0.05, 0) is 36.7 Å². The van der Waals surface area contributed by atoms with E-state index in [4.69, 9.17) is 0 Å². The standard InChI is InChI=1S/C20H28N2O2/c1-13(23)16-12-21-10-9-17(16)22-19(24)15-11-20(2,3)18(15)14-7-5-4-6-8-14/h9-10,12,14-15,18H,4-8,11H2,1-3H3,(H,21,22,24)/t15-,18+/m1/s1. The first-order valence-corrected chi connectivity index (χ1v) is 9.16. The van der Waals surface area contributed by atoms with Gasteiger partial charge in [-0.1, -0.05) is 46.0 Å². The van der Waals surface area contributed by atoms with E-state index in [1.807, 2.05) is 0 Å². The van der Waals surface area contributed by atoms with Gasteiger partial charge in [0.15, 0.2) is 5.78 Å². The minimum Gasteiger partial charge on any atom is -0.325 e. The van der Waals surface area contributed by atoms with E-state index in [2.05, 4.69) is 24.1 Å². The molecule has 0 aliphatic heterocycles. The first-order valence-electron chi connectivity index (χ1n) is 9.16. The molecule has 1 aromatic heterocycles. The van der Waals surface area contributed by atoms with E-state index in [1.165, 1.54) is 45.2 Å². The fraction of sp³-hybridized carbons (Fsp3) is 0.650. The van der Waals surface area contributed by atoms with Crippen LogP contribution < -0.4 is 5.32 Å². The van der Waals surface area contributed by atoms with Crippen molar-refractivity contribution in [1.82, 2.24) is 4.98 Å². The van der Waals surface area contributed by atoms with Crippen LogP contribution in [0, 0.1) is 23.2 Å². The van der Waals surface area contributed by atoms with Crippen LogP contribution in [0.2, 0.25) is 0 Å². The lowest BCUT2D eigenvalue weighted by atomic mass is 9.49. The summed E-state index contributed by atoms with van der Waals surface area (Å²) in [5.74, 6) is 1.19. The summed E-state index contributed by atoms with van der Waals surface area (Å²) < 4.78 is 0. The van der Waals surface area contributed by atoms with Crippen molar-refractivity contribution < 1.29 is 9.59 Å². The quantitative estimate of drug-likeness (QED) is 0.830. The number of Topliss-reactive ketones (excluding diaryl/α,β-unsaturated/α-hetero) is 1. The highest BCUT2D eigenvalue weighted by Gasteiger charge is 2.53. The molecule has 2 aliphatic carbocycles. The molecule has 1 amide bonds. The van der Waals surface area contributed by atoms with Gasteiger partial charge in [0.1, 0.15) is 0 Å². The zero-order chi connectivity index (χ0) is 17.3. The number of hydrogen-bond acceptors (Lipinski definition) is 3. The molecule has 24 heavy (non-hydrogen) atoms. The van der Waals surface area contributed by atoms with Crippen LogP contribution in [0.4, 0.5) is 5.69 Å². The van der Waals surface area contributed by atoms with Gasteiger partial charge in [-0.2, -0.15) is 0 Å². The highest BCUT2D eigenvalue weighted by atomic mass is 16.2. The number of nitrogens with one attached hydrogen (secondary N) is 1. The molecule has 0 unspecified atom stereocenters. The summed E-state index contributed by atoms with van der Waals surface area (Å²) >= 11 is 0. The molecule has 0 aromatic carbocycles. The second kappa shape index (κ2) is 6.66. The molecule has 1 aromatic rings. The fourth-order valence-electron chi connectivity index (χ4n) is 4.94. The summed E-state index contributed by atoms with van der Waals surface area (Å²) in [5, 5.41) is 3.00. The van der Waals surface area contributed by atoms with Crippen LogP contribution in [0.15, 0.2) is 18.5 Å². The van der Waals surface area contributed by atoms with Gasteiger partial charge < -0.3 is 5.32 Å². The third-order valence-corrected chi connectivity index (χ3v) is 6.03. The van der Waals surface area contributed by atoms with Crippen molar-refractivity contribution >= 4 is 17.4 Å². The van der Waals surface area contributed by atoms with E-state index < -0.39 is 0 Å².